The summed E-state index contributed by atoms with van der Waals surface area (Å²) in [4.78, 5) is 22.6. The van der Waals surface area contributed by atoms with Crippen LogP contribution in [0, 0.1) is 0 Å². The van der Waals surface area contributed by atoms with Crippen molar-refractivity contribution in [3.05, 3.63) is 46.8 Å². The number of carbonyl (C=O) groups is 1. The Morgan fingerprint density at radius 1 is 1.33 bits per heavy atom. The number of amides is 1. The zero-order chi connectivity index (χ0) is 17.1. The van der Waals surface area contributed by atoms with Gasteiger partial charge in [-0.1, -0.05) is 45.9 Å². The molecule has 2 aromatic heterocycles. The third-order valence-electron chi connectivity index (χ3n) is 3.62. The van der Waals surface area contributed by atoms with Gasteiger partial charge >= 0.3 is 0 Å². The van der Waals surface area contributed by atoms with Crippen LogP contribution in [0.15, 0.2) is 46.3 Å². The first-order chi connectivity index (χ1) is 11.6. The van der Waals surface area contributed by atoms with Gasteiger partial charge in [-0.2, -0.15) is 5.10 Å². The third-order valence-corrected chi connectivity index (χ3v) is 5.38. The van der Waals surface area contributed by atoms with E-state index in [9.17, 15) is 4.79 Å². The van der Waals surface area contributed by atoms with E-state index in [-0.39, 0.29) is 5.91 Å². The zero-order valence-corrected chi connectivity index (χ0v) is 15.7. The van der Waals surface area contributed by atoms with Gasteiger partial charge < -0.3 is 4.90 Å². The van der Waals surface area contributed by atoms with Crippen LogP contribution in [0.2, 0.25) is 0 Å². The van der Waals surface area contributed by atoms with Crippen LogP contribution >= 0.6 is 27.7 Å². The Balaban J connectivity index is 1.65. The first-order valence-electron chi connectivity index (χ1n) is 7.29. The molecule has 0 atom stereocenters. The molecule has 8 heteroatoms. The fraction of sp³-hybridized carbons (Fsp3) is 0.250. The normalized spacial score (nSPS) is 11.0. The van der Waals surface area contributed by atoms with Crippen LogP contribution in [0.5, 0.6) is 0 Å². The number of aryl methyl sites for hydroxylation is 1. The monoisotopic (exact) mass is 405 g/mol. The Morgan fingerprint density at radius 2 is 2.12 bits per heavy atom. The third kappa shape index (κ3) is 3.59. The van der Waals surface area contributed by atoms with Crippen molar-refractivity contribution in [3.63, 3.8) is 0 Å². The van der Waals surface area contributed by atoms with Gasteiger partial charge in [-0.3, -0.25) is 9.48 Å². The van der Waals surface area contributed by atoms with Crippen LogP contribution in [0.25, 0.3) is 11.0 Å². The van der Waals surface area contributed by atoms with E-state index >= 15 is 0 Å². The maximum Gasteiger partial charge on any atom is 0.233 e. The molecule has 0 bridgehead atoms. The highest BCUT2D eigenvalue weighted by Gasteiger charge is 2.14. The van der Waals surface area contributed by atoms with Gasteiger partial charge in [0.1, 0.15) is 11.4 Å². The van der Waals surface area contributed by atoms with E-state index in [0.717, 1.165) is 26.1 Å². The number of hydrogen-bond acceptors (Lipinski definition) is 5. The number of halogens is 1. The van der Waals surface area contributed by atoms with Crippen molar-refractivity contribution in [2.24, 2.45) is 7.05 Å². The van der Waals surface area contributed by atoms with Crippen molar-refractivity contribution in [2.75, 3.05) is 12.8 Å². The summed E-state index contributed by atoms with van der Waals surface area (Å²) in [6, 6.07) is 7.90. The molecule has 6 nitrogen and oxygen atoms in total. The molecule has 0 N–H and O–H groups in total. The minimum atomic E-state index is 0.0476. The molecule has 0 fully saturated rings. The van der Waals surface area contributed by atoms with Crippen LogP contribution in [0.3, 0.4) is 0 Å². The fourth-order valence-corrected chi connectivity index (χ4v) is 3.58. The van der Waals surface area contributed by atoms with Crippen LogP contribution in [0.1, 0.15) is 5.56 Å². The molecule has 0 aliphatic heterocycles. The van der Waals surface area contributed by atoms with Crippen molar-refractivity contribution in [3.8, 4) is 0 Å². The van der Waals surface area contributed by atoms with Crippen molar-refractivity contribution >= 4 is 44.6 Å². The van der Waals surface area contributed by atoms with Gasteiger partial charge in [0, 0.05) is 25.1 Å². The number of fused-ring (bicyclic) bond motifs is 1. The van der Waals surface area contributed by atoms with Crippen molar-refractivity contribution in [2.45, 2.75) is 11.6 Å². The maximum atomic E-state index is 12.4. The Labute approximate surface area is 152 Å². The summed E-state index contributed by atoms with van der Waals surface area (Å²) in [7, 11) is 3.64. The van der Waals surface area contributed by atoms with Crippen molar-refractivity contribution < 1.29 is 4.79 Å². The molecule has 0 aliphatic rings. The van der Waals surface area contributed by atoms with E-state index in [1.807, 2.05) is 38.4 Å². The molecule has 3 rings (SSSR count). The number of carbonyl (C=O) groups excluding carboxylic acids is 1. The van der Waals surface area contributed by atoms with Gasteiger partial charge in [0.25, 0.3) is 0 Å². The predicted molar refractivity (Wildman–Crippen MR) is 97.6 cm³/mol. The molecule has 0 saturated heterocycles. The summed E-state index contributed by atoms with van der Waals surface area (Å²) >= 11 is 4.92. The summed E-state index contributed by atoms with van der Waals surface area (Å²) in [6.07, 6.45) is 3.23. The summed E-state index contributed by atoms with van der Waals surface area (Å²) in [5.74, 6) is 0.369. The van der Waals surface area contributed by atoms with E-state index in [0.29, 0.717) is 12.3 Å². The van der Waals surface area contributed by atoms with Crippen LogP contribution in [-0.4, -0.2) is 43.4 Å². The zero-order valence-electron chi connectivity index (χ0n) is 13.3. The van der Waals surface area contributed by atoms with Gasteiger partial charge in [-0.15, -0.1) is 0 Å². The van der Waals surface area contributed by atoms with E-state index in [1.165, 1.54) is 18.1 Å². The summed E-state index contributed by atoms with van der Waals surface area (Å²) in [6.45, 7) is 0.562. The lowest BCUT2D eigenvalue weighted by Gasteiger charge is -2.17. The lowest BCUT2D eigenvalue weighted by molar-refractivity contribution is -0.127. The Hall–Kier alpha value is -1.93. The number of rotatable bonds is 5. The van der Waals surface area contributed by atoms with E-state index in [1.54, 1.807) is 15.8 Å². The largest absolute Gasteiger partial charge is 0.341 e. The predicted octanol–water partition coefficient (Wildman–Crippen LogP) is 2.88. The van der Waals surface area contributed by atoms with Gasteiger partial charge in [0.15, 0.2) is 5.65 Å². The smallest absolute Gasteiger partial charge is 0.233 e. The second kappa shape index (κ2) is 7.31. The quantitative estimate of drug-likeness (QED) is 0.482. The second-order valence-electron chi connectivity index (χ2n) is 5.31. The molecule has 1 amide bonds. The van der Waals surface area contributed by atoms with Gasteiger partial charge in [0.2, 0.25) is 5.91 Å². The lowest BCUT2D eigenvalue weighted by Crippen LogP contribution is -2.28. The first-order valence-corrected chi connectivity index (χ1v) is 9.07. The second-order valence-corrected chi connectivity index (χ2v) is 7.13. The number of benzene rings is 1. The molecule has 124 valence electrons. The van der Waals surface area contributed by atoms with Crippen LogP contribution < -0.4 is 0 Å². The molecule has 2 heterocycles. The van der Waals surface area contributed by atoms with Crippen LogP contribution in [-0.2, 0) is 18.4 Å². The van der Waals surface area contributed by atoms with Crippen molar-refractivity contribution in [1.29, 1.82) is 0 Å². The highest BCUT2D eigenvalue weighted by atomic mass is 79.9. The molecular weight excluding hydrogens is 390 g/mol. The Bertz CT molecular complexity index is 882. The SMILES string of the molecule is CN(Cc1ccccc1Br)C(=O)CSc1ncnc2c1cnn2C. The van der Waals surface area contributed by atoms with E-state index in [4.69, 9.17) is 0 Å². The highest BCUT2D eigenvalue weighted by molar-refractivity contribution is 9.10. The van der Waals surface area contributed by atoms with Gasteiger partial charge in [-0.05, 0) is 11.6 Å². The first kappa shape index (κ1) is 16.9. The molecule has 3 aromatic rings. The number of nitrogens with zero attached hydrogens (tertiary/aromatic N) is 5. The maximum absolute atomic E-state index is 12.4. The molecule has 0 aliphatic carbocycles. The minimum Gasteiger partial charge on any atom is -0.341 e. The number of hydrogen-bond donors (Lipinski definition) is 0. The number of thioether (sulfide) groups is 1. The molecule has 0 spiro atoms. The fourth-order valence-electron chi connectivity index (χ4n) is 2.27. The Kier molecular flexibility index (Phi) is 5.15. The van der Waals surface area contributed by atoms with Gasteiger partial charge in [-0.25, -0.2) is 9.97 Å². The average Bonchev–Trinajstić information content (AvgIpc) is 2.96. The van der Waals surface area contributed by atoms with E-state index in [2.05, 4.69) is 31.0 Å². The van der Waals surface area contributed by atoms with Crippen LogP contribution in [0.4, 0.5) is 0 Å². The molecule has 0 unspecified atom stereocenters. The molecule has 0 saturated carbocycles. The number of aromatic nitrogens is 4. The molecule has 24 heavy (non-hydrogen) atoms. The summed E-state index contributed by atoms with van der Waals surface area (Å²) in [5.41, 5.74) is 1.84. The molecule has 0 radical (unpaired) electrons. The topological polar surface area (TPSA) is 63.9 Å². The summed E-state index contributed by atoms with van der Waals surface area (Å²) in [5, 5.41) is 5.83. The standard InChI is InChI=1S/C16H16BrN5OS/c1-21(8-11-5-3-4-6-13(11)17)14(23)9-24-16-12-7-20-22(2)15(12)18-10-19-16/h3-7,10H,8-9H2,1-2H3. The molecular formula is C16H16BrN5OS. The summed E-state index contributed by atoms with van der Waals surface area (Å²) < 4.78 is 2.70. The van der Waals surface area contributed by atoms with Crippen molar-refractivity contribution in [1.82, 2.24) is 24.6 Å². The highest BCUT2D eigenvalue weighted by Crippen LogP contribution is 2.24. The minimum absolute atomic E-state index is 0.0476. The van der Waals surface area contributed by atoms with Gasteiger partial charge in [0.05, 0.1) is 17.3 Å². The Morgan fingerprint density at radius 3 is 2.92 bits per heavy atom. The van der Waals surface area contributed by atoms with E-state index < -0.39 is 0 Å². The average molecular weight is 406 g/mol. The lowest BCUT2D eigenvalue weighted by atomic mass is 10.2. The molecule has 1 aromatic carbocycles.